The molecule has 0 radical (unpaired) electrons. The molecule has 0 aliphatic rings. The van der Waals surface area contributed by atoms with Crippen molar-refractivity contribution in [1.29, 1.82) is 0 Å². The summed E-state index contributed by atoms with van der Waals surface area (Å²) in [7, 11) is 0. The second-order valence-electron chi connectivity index (χ2n) is 4.61. The summed E-state index contributed by atoms with van der Waals surface area (Å²) in [5.41, 5.74) is 6.64. The molecule has 2 N–H and O–H groups in total. The van der Waals surface area contributed by atoms with E-state index in [9.17, 15) is 4.39 Å². The van der Waals surface area contributed by atoms with Gasteiger partial charge in [-0.05, 0) is 19.9 Å². The van der Waals surface area contributed by atoms with Crippen LogP contribution in [0.1, 0.15) is 25.1 Å². The van der Waals surface area contributed by atoms with Crippen LogP contribution in [0.25, 0.3) is 0 Å². The van der Waals surface area contributed by atoms with Crippen LogP contribution < -0.4 is 5.73 Å². The van der Waals surface area contributed by atoms with Crippen LogP contribution in [-0.2, 0) is 12.1 Å². The van der Waals surface area contributed by atoms with Crippen LogP contribution in [0.5, 0.6) is 0 Å². The summed E-state index contributed by atoms with van der Waals surface area (Å²) in [6.07, 6.45) is 1.74. The van der Waals surface area contributed by atoms with Gasteiger partial charge < -0.3 is 5.73 Å². The second kappa shape index (κ2) is 4.25. The molecule has 0 bridgehead atoms. The number of nitrogens with two attached hydrogens (primary N) is 1. The van der Waals surface area contributed by atoms with Crippen molar-refractivity contribution in [3.8, 4) is 0 Å². The minimum absolute atomic E-state index is 0.239. The van der Waals surface area contributed by atoms with Gasteiger partial charge in [0.1, 0.15) is 11.5 Å². The van der Waals surface area contributed by atoms with E-state index in [1.807, 2.05) is 13.8 Å². The van der Waals surface area contributed by atoms with Gasteiger partial charge in [-0.2, -0.15) is 0 Å². The van der Waals surface area contributed by atoms with Crippen molar-refractivity contribution in [3.63, 3.8) is 0 Å². The molecule has 1 aromatic heterocycles. The van der Waals surface area contributed by atoms with Crippen LogP contribution in [0.15, 0.2) is 30.5 Å². The lowest BCUT2D eigenvalue weighted by Crippen LogP contribution is -2.29. The van der Waals surface area contributed by atoms with Crippen molar-refractivity contribution in [2.45, 2.75) is 25.9 Å². The Morgan fingerprint density at radius 1 is 1.35 bits per heavy atom. The summed E-state index contributed by atoms with van der Waals surface area (Å²) in [6.45, 7) is 4.06. The molecule has 17 heavy (non-hydrogen) atoms. The fraction of sp³-hybridized carbons (Fsp3) is 0.333. The normalized spacial score (nSPS) is 11.8. The summed E-state index contributed by atoms with van der Waals surface area (Å²) in [4.78, 5) is 0. The Balaban J connectivity index is 2.21. The molecule has 0 atom stereocenters. The summed E-state index contributed by atoms with van der Waals surface area (Å²) in [5, 5.41) is 7.92. The van der Waals surface area contributed by atoms with Crippen molar-refractivity contribution in [3.05, 3.63) is 47.5 Å². The average Bonchev–Trinajstić information content (AvgIpc) is 2.69. The zero-order valence-electron chi connectivity index (χ0n) is 9.89. The smallest absolute Gasteiger partial charge is 0.128 e. The lowest BCUT2D eigenvalue weighted by molar-refractivity contribution is 0.533. The van der Waals surface area contributed by atoms with Gasteiger partial charge in [0.15, 0.2) is 0 Å². The van der Waals surface area contributed by atoms with Gasteiger partial charge in [0.2, 0.25) is 0 Å². The fourth-order valence-corrected chi connectivity index (χ4v) is 1.47. The summed E-state index contributed by atoms with van der Waals surface area (Å²) >= 11 is 0. The van der Waals surface area contributed by atoms with Crippen molar-refractivity contribution in [2.24, 2.45) is 5.73 Å². The Hall–Kier alpha value is -1.75. The Morgan fingerprint density at radius 3 is 2.65 bits per heavy atom. The molecule has 1 heterocycles. The highest BCUT2D eigenvalue weighted by atomic mass is 19.1. The van der Waals surface area contributed by atoms with Crippen molar-refractivity contribution in [1.82, 2.24) is 15.0 Å². The maximum absolute atomic E-state index is 13.4. The lowest BCUT2D eigenvalue weighted by Gasteiger charge is -2.13. The van der Waals surface area contributed by atoms with E-state index in [0.717, 1.165) is 0 Å². The highest BCUT2D eigenvalue weighted by Gasteiger charge is 2.18. The number of nitrogens with zero attached hydrogens (tertiary/aromatic N) is 3. The van der Waals surface area contributed by atoms with Crippen LogP contribution in [0.2, 0.25) is 0 Å². The zero-order valence-corrected chi connectivity index (χ0v) is 9.89. The molecule has 5 heteroatoms. The molecule has 2 rings (SSSR count). The number of aromatic nitrogens is 3. The third-order valence-electron chi connectivity index (χ3n) is 2.49. The summed E-state index contributed by atoms with van der Waals surface area (Å²) in [5.74, 6) is -0.239. The molecule has 0 aliphatic carbocycles. The van der Waals surface area contributed by atoms with E-state index >= 15 is 0 Å². The molecule has 0 saturated heterocycles. The van der Waals surface area contributed by atoms with Crippen LogP contribution >= 0.6 is 0 Å². The Bertz CT molecular complexity index is 513. The van der Waals surface area contributed by atoms with Crippen molar-refractivity contribution in [2.75, 3.05) is 0 Å². The molecule has 1 aromatic carbocycles. The Kier molecular flexibility index (Phi) is 2.93. The molecule has 4 nitrogen and oxygen atoms in total. The SMILES string of the molecule is CC(C)(N)c1cn(Cc2ccccc2F)nn1. The first-order valence-electron chi connectivity index (χ1n) is 5.40. The first kappa shape index (κ1) is 11.7. The second-order valence-corrected chi connectivity index (χ2v) is 4.61. The van der Waals surface area contributed by atoms with E-state index in [1.54, 1.807) is 29.1 Å². The minimum Gasteiger partial charge on any atom is -0.320 e. The molecule has 0 fully saturated rings. The highest BCUT2D eigenvalue weighted by molar-refractivity contribution is 5.17. The number of hydrogen-bond acceptors (Lipinski definition) is 3. The van der Waals surface area contributed by atoms with Gasteiger partial charge in [-0.1, -0.05) is 23.4 Å². The first-order chi connectivity index (χ1) is 7.97. The maximum atomic E-state index is 13.4. The summed E-state index contributed by atoms with van der Waals surface area (Å²) < 4.78 is 15.0. The predicted molar refractivity (Wildman–Crippen MR) is 62.7 cm³/mol. The molecule has 0 saturated carbocycles. The van der Waals surface area contributed by atoms with Gasteiger partial charge in [-0.15, -0.1) is 5.10 Å². The Labute approximate surface area is 99.2 Å². The number of hydrogen-bond donors (Lipinski definition) is 1. The monoisotopic (exact) mass is 234 g/mol. The van der Waals surface area contributed by atoms with Gasteiger partial charge in [0.25, 0.3) is 0 Å². The predicted octanol–water partition coefficient (Wildman–Crippen LogP) is 1.66. The maximum Gasteiger partial charge on any atom is 0.128 e. The topological polar surface area (TPSA) is 56.7 Å². The van der Waals surface area contributed by atoms with E-state index in [2.05, 4.69) is 10.3 Å². The van der Waals surface area contributed by atoms with E-state index in [0.29, 0.717) is 17.8 Å². The molecule has 90 valence electrons. The van der Waals surface area contributed by atoms with E-state index in [-0.39, 0.29) is 5.82 Å². The van der Waals surface area contributed by atoms with Gasteiger partial charge in [-0.3, -0.25) is 0 Å². The first-order valence-corrected chi connectivity index (χ1v) is 5.40. The largest absolute Gasteiger partial charge is 0.320 e. The van der Waals surface area contributed by atoms with Gasteiger partial charge >= 0.3 is 0 Å². The lowest BCUT2D eigenvalue weighted by atomic mass is 10.0. The molecular formula is C12H15FN4. The molecule has 0 unspecified atom stereocenters. The summed E-state index contributed by atoms with van der Waals surface area (Å²) in [6, 6.07) is 6.61. The molecule has 0 spiro atoms. The third-order valence-corrected chi connectivity index (χ3v) is 2.49. The quantitative estimate of drug-likeness (QED) is 0.878. The molecule has 0 amide bonds. The number of benzene rings is 1. The minimum atomic E-state index is -0.534. The zero-order chi connectivity index (χ0) is 12.5. The van der Waals surface area contributed by atoms with Crippen molar-refractivity contribution < 1.29 is 4.39 Å². The van der Waals surface area contributed by atoms with Crippen molar-refractivity contribution >= 4 is 0 Å². The van der Waals surface area contributed by atoms with E-state index in [4.69, 9.17) is 5.73 Å². The van der Waals surface area contributed by atoms with Gasteiger partial charge in [0.05, 0.1) is 18.3 Å². The van der Waals surface area contributed by atoms with E-state index < -0.39 is 5.54 Å². The molecular weight excluding hydrogens is 219 g/mol. The fourth-order valence-electron chi connectivity index (χ4n) is 1.47. The van der Waals surface area contributed by atoms with E-state index in [1.165, 1.54) is 6.07 Å². The average molecular weight is 234 g/mol. The van der Waals surface area contributed by atoms with Crippen LogP contribution in [-0.4, -0.2) is 15.0 Å². The molecule has 0 aliphatic heterocycles. The molecule has 2 aromatic rings. The standard InChI is InChI=1S/C12H15FN4/c1-12(2,14)11-8-17(16-15-11)7-9-5-3-4-6-10(9)13/h3-6,8H,7,14H2,1-2H3. The number of rotatable bonds is 3. The van der Waals surface area contributed by atoms with Gasteiger partial charge in [0, 0.05) is 5.56 Å². The van der Waals surface area contributed by atoms with Crippen LogP contribution in [0.3, 0.4) is 0 Å². The van der Waals surface area contributed by atoms with Crippen LogP contribution in [0.4, 0.5) is 4.39 Å². The third kappa shape index (κ3) is 2.68. The highest BCUT2D eigenvalue weighted by Crippen LogP contribution is 2.14. The Morgan fingerprint density at radius 2 is 2.06 bits per heavy atom. The van der Waals surface area contributed by atoms with Gasteiger partial charge in [-0.25, -0.2) is 9.07 Å². The van der Waals surface area contributed by atoms with Crippen LogP contribution in [0, 0.1) is 5.82 Å². The number of halogens is 1.